The number of ether oxygens (including phenoxy) is 1. The highest BCUT2D eigenvalue weighted by Crippen LogP contribution is 2.13. The second-order valence-corrected chi connectivity index (χ2v) is 5.41. The van der Waals surface area contributed by atoms with Gasteiger partial charge < -0.3 is 4.74 Å². The van der Waals surface area contributed by atoms with Crippen molar-refractivity contribution in [1.29, 1.82) is 0 Å². The summed E-state index contributed by atoms with van der Waals surface area (Å²) in [6.07, 6.45) is 11.3. The van der Waals surface area contributed by atoms with Crippen LogP contribution in [0.5, 0.6) is 0 Å². The van der Waals surface area contributed by atoms with Gasteiger partial charge in [0.05, 0.1) is 13.2 Å². The molecule has 0 aromatic rings. The Morgan fingerprint density at radius 3 is 2.18 bits per heavy atom. The molecule has 1 aliphatic rings. The molecule has 1 fully saturated rings. The molecule has 0 amide bonds. The molecule has 0 radical (unpaired) electrons. The van der Waals surface area contributed by atoms with Gasteiger partial charge in [0.25, 0.3) is 0 Å². The van der Waals surface area contributed by atoms with Gasteiger partial charge in [-0.3, -0.25) is 4.90 Å². The molecule has 1 heterocycles. The third kappa shape index (κ3) is 7.05. The topological polar surface area (TPSA) is 12.5 Å². The first-order valence-electron chi connectivity index (χ1n) is 7.66. The maximum atomic E-state index is 5.39. The molecular formula is C15H31NO. The summed E-state index contributed by atoms with van der Waals surface area (Å²) < 4.78 is 5.39. The number of hydrogen-bond donors (Lipinski definition) is 0. The van der Waals surface area contributed by atoms with Crippen LogP contribution in [0.25, 0.3) is 0 Å². The van der Waals surface area contributed by atoms with Crippen molar-refractivity contribution in [3.8, 4) is 0 Å². The minimum atomic E-state index is 0.759. The van der Waals surface area contributed by atoms with Crippen LogP contribution in [0, 0.1) is 0 Å². The summed E-state index contributed by atoms with van der Waals surface area (Å²) in [5, 5.41) is 0. The van der Waals surface area contributed by atoms with Crippen molar-refractivity contribution in [2.24, 2.45) is 0 Å². The van der Waals surface area contributed by atoms with Crippen molar-refractivity contribution < 1.29 is 4.74 Å². The number of rotatable bonds is 9. The summed E-state index contributed by atoms with van der Waals surface area (Å²) in [6.45, 7) is 8.80. The zero-order valence-corrected chi connectivity index (χ0v) is 11.9. The molecule has 0 N–H and O–H groups in total. The summed E-state index contributed by atoms with van der Waals surface area (Å²) in [5.74, 6) is 0. The molecule has 1 atom stereocenters. The molecule has 1 aliphatic heterocycles. The number of unbranched alkanes of at least 4 members (excludes halogenated alkanes) is 6. The predicted molar refractivity (Wildman–Crippen MR) is 74.5 cm³/mol. The second-order valence-electron chi connectivity index (χ2n) is 5.41. The molecule has 0 aliphatic carbocycles. The van der Waals surface area contributed by atoms with Gasteiger partial charge in [-0.05, 0) is 13.3 Å². The van der Waals surface area contributed by atoms with Gasteiger partial charge in [0.1, 0.15) is 0 Å². The Hall–Kier alpha value is -0.0800. The summed E-state index contributed by atoms with van der Waals surface area (Å²) in [6, 6.07) is 0.759. The molecule has 2 nitrogen and oxygen atoms in total. The third-order valence-corrected chi connectivity index (χ3v) is 3.89. The van der Waals surface area contributed by atoms with Crippen molar-refractivity contribution in [3.05, 3.63) is 0 Å². The van der Waals surface area contributed by atoms with E-state index in [2.05, 4.69) is 18.7 Å². The van der Waals surface area contributed by atoms with E-state index in [0.29, 0.717) is 0 Å². The fourth-order valence-electron chi connectivity index (χ4n) is 2.60. The quantitative estimate of drug-likeness (QED) is 0.569. The zero-order valence-electron chi connectivity index (χ0n) is 11.9. The molecule has 17 heavy (non-hydrogen) atoms. The Bertz CT molecular complexity index is 166. The standard InChI is InChI=1S/C15H31NO/c1-3-4-5-6-7-8-9-10-15(2)16-11-13-17-14-12-16/h15H,3-14H2,1-2H3. The monoisotopic (exact) mass is 241 g/mol. The van der Waals surface area contributed by atoms with Crippen LogP contribution in [0.4, 0.5) is 0 Å². The van der Waals surface area contributed by atoms with Crippen molar-refractivity contribution in [3.63, 3.8) is 0 Å². The van der Waals surface area contributed by atoms with E-state index in [9.17, 15) is 0 Å². The predicted octanol–water partition coefficient (Wildman–Crippen LogP) is 3.85. The van der Waals surface area contributed by atoms with Crippen LogP contribution in [-0.4, -0.2) is 37.2 Å². The number of nitrogens with zero attached hydrogens (tertiary/aromatic N) is 1. The Labute approximate surface area is 108 Å². The van der Waals surface area contributed by atoms with E-state index in [1.165, 1.54) is 51.4 Å². The summed E-state index contributed by atoms with van der Waals surface area (Å²) in [7, 11) is 0. The van der Waals surface area contributed by atoms with E-state index in [-0.39, 0.29) is 0 Å². The minimum absolute atomic E-state index is 0.759. The first-order valence-corrected chi connectivity index (χ1v) is 7.66. The molecule has 0 aromatic heterocycles. The van der Waals surface area contributed by atoms with Crippen LogP contribution in [-0.2, 0) is 4.74 Å². The van der Waals surface area contributed by atoms with Crippen LogP contribution in [0.1, 0.15) is 65.2 Å². The second kappa shape index (κ2) is 9.90. The van der Waals surface area contributed by atoms with Gasteiger partial charge in [-0.2, -0.15) is 0 Å². The Balaban J connectivity index is 1.90. The van der Waals surface area contributed by atoms with Crippen LogP contribution in [0.2, 0.25) is 0 Å². The van der Waals surface area contributed by atoms with E-state index in [1.807, 2.05) is 0 Å². The molecule has 1 unspecified atom stereocenters. The SMILES string of the molecule is CCCCCCCCCC(C)N1CCOCC1. The molecule has 0 bridgehead atoms. The third-order valence-electron chi connectivity index (χ3n) is 3.89. The lowest BCUT2D eigenvalue weighted by Gasteiger charge is -2.32. The average Bonchev–Trinajstić information content (AvgIpc) is 2.38. The van der Waals surface area contributed by atoms with Gasteiger partial charge in [0, 0.05) is 19.1 Å². The van der Waals surface area contributed by atoms with Gasteiger partial charge in [0.15, 0.2) is 0 Å². The highest BCUT2D eigenvalue weighted by molar-refractivity contribution is 4.69. The first kappa shape index (κ1) is 15.0. The van der Waals surface area contributed by atoms with E-state index < -0.39 is 0 Å². The first-order chi connectivity index (χ1) is 8.34. The number of morpholine rings is 1. The summed E-state index contributed by atoms with van der Waals surface area (Å²) in [4.78, 5) is 2.58. The lowest BCUT2D eigenvalue weighted by molar-refractivity contribution is 0.0181. The largest absolute Gasteiger partial charge is 0.379 e. The number of hydrogen-bond acceptors (Lipinski definition) is 2. The molecule has 1 rings (SSSR count). The Kier molecular flexibility index (Phi) is 8.72. The van der Waals surface area contributed by atoms with Crippen LogP contribution in [0.3, 0.4) is 0 Å². The van der Waals surface area contributed by atoms with Crippen molar-refractivity contribution >= 4 is 0 Å². The lowest BCUT2D eigenvalue weighted by Crippen LogP contribution is -2.42. The molecular weight excluding hydrogens is 210 g/mol. The van der Waals surface area contributed by atoms with Crippen molar-refractivity contribution in [1.82, 2.24) is 4.90 Å². The van der Waals surface area contributed by atoms with Crippen LogP contribution < -0.4 is 0 Å². The van der Waals surface area contributed by atoms with Gasteiger partial charge in [0.2, 0.25) is 0 Å². The lowest BCUT2D eigenvalue weighted by atomic mass is 10.0. The van der Waals surface area contributed by atoms with Gasteiger partial charge in [-0.25, -0.2) is 0 Å². The van der Waals surface area contributed by atoms with Crippen molar-refractivity contribution in [2.75, 3.05) is 26.3 Å². The van der Waals surface area contributed by atoms with Gasteiger partial charge >= 0.3 is 0 Å². The van der Waals surface area contributed by atoms with E-state index in [4.69, 9.17) is 4.74 Å². The maximum absolute atomic E-state index is 5.39. The molecule has 0 aromatic carbocycles. The van der Waals surface area contributed by atoms with E-state index in [0.717, 1.165) is 32.3 Å². The fourth-order valence-corrected chi connectivity index (χ4v) is 2.60. The highest BCUT2D eigenvalue weighted by atomic mass is 16.5. The fraction of sp³-hybridized carbons (Fsp3) is 1.00. The molecule has 0 spiro atoms. The van der Waals surface area contributed by atoms with E-state index >= 15 is 0 Å². The summed E-state index contributed by atoms with van der Waals surface area (Å²) in [5.41, 5.74) is 0. The average molecular weight is 241 g/mol. The molecule has 2 heteroatoms. The summed E-state index contributed by atoms with van der Waals surface area (Å²) >= 11 is 0. The molecule has 0 saturated carbocycles. The normalized spacial score (nSPS) is 19.4. The van der Waals surface area contributed by atoms with Gasteiger partial charge in [-0.1, -0.05) is 51.9 Å². The Morgan fingerprint density at radius 1 is 0.941 bits per heavy atom. The molecule has 102 valence electrons. The zero-order chi connectivity index (χ0) is 12.3. The minimum Gasteiger partial charge on any atom is -0.379 e. The molecule has 1 saturated heterocycles. The smallest absolute Gasteiger partial charge is 0.0594 e. The highest BCUT2D eigenvalue weighted by Gasteiger charge is 2.15. The van der Waals surface area contributed by atoms with Crippen LogP contribution in [0.15, 0.2) is 0 Å². The van der Waals surface area contributed by atoms with Gasteiger partial charge in [-0.15, -0.1) is 0 Å². The van der Waals surface area contributed by atoms with Crippen LogP contribution >= 0.6 is 0 Å². The van der Waals surface area contributed by atoms with E-state index in [1.54, 1.807) is 0 Å². The Morgan fingerprint density at radius 2 is 1.53 bits per heavy atom. The maximum Gasteiger partial charge on any atom is 0.0594 e. The van der Waals surface area contributed by atoms with Crippen molar-refractivity contribution in [2.45, 2.75) is 71.3 Å².